The Kier molecular flexibility index (Phi) is 7.05. The lowest BCUT2D eigenvalue weighted by Crippen LogP contribution is -2.58. The highest BCUT2D eigenvalue weighted by atomic mass is 79.9. The number of ether oxygens (including phenoxy) is 1. The zero-order valence-electron chi connectivity index (χ0n) is 14.1. The molecule has 1 N–H and O–H groups in total. The van der Waals surface area contributed by atoms with Gasteiger partial charge in [-0.3, -0.25) is 0 Å². The lowest BCUT2D eigenvalue weighted by Gasteiger charge is -2.27. The van der Waals surface area contributed by atoms with Gasteiger partial charge in [0.05, 0.1) is 10.7 Å². The molecular weight excluding hydrogens is 497 g/mol. The molecule has 0 aliphatic rings. The van der Waals surface area contributed by atoms with E-state index in [-0.39, 0.29) is 12.2 Å². The zero-order chi connectivity index (χ0) is 21.9. The standard InChI is InChI=1S/C17H11BrClF7N2O/c18-12-7-10(8-27-28-17(25,26)15(20,21)16(22,23)24)5-6-14(12)29-9-11-3-1-2-4-13(11)19/h1-8,28H,9H2/b27-8+. The Labute approximate surface area is 173 Å². The molecule has 0 radical (unpaired) electrons. The van der Waals surface area contributed by atoms with Gasteiger partial charge in [0.2, 0.25) is 0 Å². The van der Waals surface area contributed by atoms with Crippen molar-refractivity contribution in [3.05, 3.63) is 63.1 Å². The highest BCUT2D eigenvalue weighted by Crippen LogP contribution is 2.45. The third-order valence-corrected chi connectivity index (χ3v) is 4.45. The molecule has 0 atom stereocenters. The van der Waals surface area contributed by atoms with E-state index in [0.29, 0.717) is 32.4 Å². The van der Waals surface area contributed by atoms with Gasteiger partial charge in [-0.2, -0.15) is 35.8 Å². The van der Waals surface area contributed by atoms with Crippen LogP contribution in [0.5, 0.6) is 5.75 Å². The molecule has 0 aliphatic heterocycles. The van der Waals surface area contributed by atoms with E-state index in [4.69, 9.17) is 16.3 Å². The van der Waals surface area contributed by atoms with Crippen molar-refractivity contribution in [2.45, 2.75) is 24.8 Å². The molecule has 158 valence electrons. The van der Waals surface area contributed by atoms with Gasteiger partial charge in [0.15, 0.2) is 0 Å². The average molecular weight is 508 g/mol. The topological polar surface area (TPSA) is 33.6 Å². The van der Waals surface area contributed by atoms with E-state index < -0.39 is 18.1 Å². The van der Waals surface area contributed by atoms with Crippen LogP contribution >= 0.6 is 27.5 Å². The minimum atomic E-state index is -6.44. The lowest BCUT2D eigenvalue weighted by molar-refractivity contribution is -0.361. The van der Waals surface area contributed by atoms with E-state index in [0.717, 1.165) is 0 Å². The van der Waals surface area contributed by atoms with E-state index >= 15 is 0 Å². The Hall–Kier alpha value is -2.01. The predicted molar refractivity (Wildman–Crippen MR) is 96.6 cm³/mol. The first kappa shape index (κ1) is 23.3. The van der Waals surface area contributed by atoms with Gasteiger partial charge in [0.25, 0.3) is 0 Å². The average Bonchev–Trinajstić information content (AvgIpc) is 2.61. The van der Waals surface area contributed by atoms with Gasteiger partial charge in [-0.15, -0.1) is 0 Å². The predicted octanol–water partition coefficient (Wildman–Crippen LogP) is 6.40. The summed E-state index contributed by atoms with van der Waals surface area (Å²) in [7, 11) is 0. The van der Waals surface area contributed by atoms with Gasteiger partial charge in [-0.05, 0) is 45.8 Å². The Balaban J connectivity index is 2.04. The summed E-state index contributed by atoms with van der Waals surface area (Å²) in [6.07, 6.45) is -5.79. The summed E-state index contributed by atoms with van der Waals surface area (Å²) >= 11 is 9.18. The monoisotopic (exact) mass is 506 g/mol. The molecule has 0 aromatic heterocycles. The van der Waals surface area contributed by atoms with Crippen LogP contribution in [0.1, 0.15) is 11.1 Å². The summed E-state index contributed by atoms with van der Waals surface area (Å²) in [6, 6.07) is 5.41. The normalized spacial score (nSPS) is 13.0. The van der Waals surface area contributed by atoms with Crippen LogP contribution in [0.4, 0.5) is 30.7 Å². The SMILES string of the molecule is FC(F)(F)C(F)(F)C(F)(F)N/N=C/c1ccc(OCc2ccccc2Cl)c(Br)c1. The summed E-state index contributed by atoms with van der Waals surface area (Å²) in [5.41, 5.74) is 1.38. The van der Waals surface area contributed by atoms with Gasteiger partial charge < -0.3 is 4.74 Å². The summed E-state index contributed by atoms with van der Waals surface area (Å²) in [5, 5.41) is 3.28. The first-order valence-electron chi connectivity index (χ1n) is 7.63. The summed E-state index contributed by atoms with van der Waals surface area (Å²) < 4.78 is 93.8. The molecule has 2 aromatic carbocycles. The van der Waals surface area contributed by atoms with Gasteiger partial charge in [0, 0.05) is 10.6 Å². The van der Waals surface area contributed by atoms with Crippen LogP contribution in [0, 0.1) is 0 Å². The molecule has 0 aliphatic carbocycles. The molecule has 3 nitrogen and oxygen atoms in total. The van der Waals surface area contributed by atoms with Crippen LogP contribution in [0.2, 0.25) is 5.02 Å². The molecule has 0 heterocycles. The quantitative estimate of drug-likeness (QED) is 0.204. The molecule has 0 saturated heterocycles. The Morgan fingerprint density at radius 3 is 2.28 bits per heavy atom. The van der Waals surface area contributed by atoms with Crippen LogP contribution < -0.4 is 10.2 Å². The van der Waals surface area contributed by atoms with Crippen LogP contribution in [0.25, 0.3) is 0 Å². The van der Waals surface area contributed by atoms with E-state index in [1.54, 1.807) is 24.3 Å². The minimum Gasteiger partial charge on any atom is -0.488 e. The van der Waals surface area contributed by atoms with E-state index in [1.165, 1.54) is 18.2 Å². The molecule has 0 unspecified atom stereocenters. The zero-order valence-corrected chi connectivity index (χ0v) is 16.4. The molecule has 0 saturated carbocycles. The van der Waals surface area contributed by atoms with Crippen molar-refractivity contribution < 1.29 is 35.5 Å². The molecule has 29 heavy (non-hydrogen) atoms. The molecular formula is C17H11BrClF7N2O. The second-order valence-corrected chi connectivity index (χ2v) is 6.85. The highest BCUT2D eigenvalue weighted by Gasteiger charge is 2.73. The van der Waals surface area contributed by atoms with Crippen molar-refractivity contribution in [2.75, 3.05) is 0 Å². The number of halogens is 9. The number of benzene rings is 2. The third kappa shape index (κ3) is 5.53. The van der Waals surface area contributed by atoms with E-state index in [2.05, 4.69) is 21.0 Å². The second-order valence-electron chi connectivity index (χ2n) is 5.59. The fourth-order valence-corrected chi connectivity index (χ4v) is 2.62. The maximum atomic E-state index is 13.1. The lowest BCUT2D eigenvalue weighted by atomic mass is 10.2. The number of hydrazone groups is 1. The van der Waals surface area contributed by atoms with Crippen molar-refractivity contribution in [2.24, 2.45) is 5.10 Å². The van der Waals surface area contributed by atoms with Crippen LogP contribution in [0.15, 0.2) is 52.0 Å². The minimum absolute atomic E-state index is 0.126. The smallest absolute Gasteiger partial charge is 0.462 e. The summed E-state index contributed by atoms with van der Waals surface area (Å²) in [6.45, 7) is 0.131. The van der Waals surface area contributed by atoms with Crippen LogP contribution in [-0.4, -0.2) is 24.4 Å². The van der Waals surface area contributed by atoms with Crippen LogP contribution in [-0.2, 0) is 6.61 Å². The first-order valence-corrected chi connectivity index (χ1v) is 8.80. The van der Waals surface area contributed by atoms with Crippen molar-refractivity contribution in [3.8, 4) is 5.75 Å². The van der Waals surface area contributed by atoms with Crippen molar-refractivity contribution in [1.29, 1.82) is 0 Å². The van der Waals surface area contributed by atoms with Crippen molar-refractivity contribution in [3.63, 3.8) is 0 Å². The first-order chi connectivity index (χ1) is 13.3. The number of hydrogen-bond acceptors (Lipinski definition) is 3. The fourth-order valence-electron chi connectivity index (χ4n) is 1.92. The summed E-state index contributed by atoms with van der Waals surface area (Å²) in [4.78, 5) is 0. The molecule has 0 spiro atoms. The highest BCUT2D eigenvalue weighted by molar-refractivity contribution is 9.10. The molecule has 2 rings (SSSR count). The number of nitrogens with zero attached hydrogens (tertiary/aromatic N) is 1. The largest absolute Gasteiger partial charge is 0.488 e. The summed E-state index contributed by atoms with van der Waals surface area (Å²) in [5.74, 6) is -5.95. The molecule has 12 heteroatoms. The Morgan fingerprint density at radius 1 is 1.03 bits per heavy atom. The van der Waals surface area contributed by atoms with Gasteiger partial charge >= 0.3 is 18.1 Å². The van der Waals surface area contributed by atoms with Crippen LogP contribution in [0.3, 0.4) is 0 Å². The van der Waals surface area contributed by atoms with Gasteiger partial charge in [-0.1, -0.05) is 29.8 Å². The fraction of sp³-hybridized carbons (Fsp3) is 0.235. The molecule has 0 bridgehead atoms. The van der Waals surface area contributed by atoms with Gasteiger partial charge in [-0.25, -0.2) is 5.43 Å². The Bertz CT molecular complexity index is 890. The second kappa shape index (κ2) is 8.78. The number of rotatable bonds is 7. The van der Waals surface area contributed by atoms with E-state index in [9.17, 15) is 30.7 Å². The number of alkyl halides is 7. The third-order valence-electron chi connectivity index (χ3n) is 3.47. The molecule has 0 amide bonds. The maximum Gasteiger partial charge on any atom is 0.462 e. The maximum absolute atomic E-state index is 13.1. The Morgan fingerprint density at radius 2 is 1.69 bits per heavy atom. The molecule has 0 fully saturated rings. The molecule has 2 aromatic rings. The van der Waals surface area contributed by atoms with Crippen molar-refractivity contribution in [1.82, 2.24) is 5.43 Å². The van der Waals surface area contributed by atoms with E-state index in [1.807, 2.05) is 0 Å². The van der Waals surface area contributed by atoms with Gasteiger partial charge in [0.1, 0.15) is 12.4 Å². The number of hydrogen-bond donors (Lipinski definition) is 1. The number of nitrogens with one attached hydrogen (secondary N) is 1. The van der Waals surface area contributed by atoms with Crippen molar-refractivity contribution >= 4 is 33.7 Å².